The Labute approximate surface area is 120 Å². The van der Waals surface area contributed by atoms with Gasteiger partial charge in [0.05, 0.1) is 10.1 Å². The number of nitrogens with zero attached hydrogens (tertiary/aromatic N) is 1. The Morgan fingerprint density at radius 3 is 2.47 bits per heavy atom. The van der Waals surface area contributed by atoms with E-state index in [1.807, 2.05) is 0 Å². The SMILES string of the molecule is NS(=O)(=O)[C@H]1CCN(S(=O)(=O)c2cccc(Br)c2)C1. The number of primary sulfonamides is 1. The van der Waals surface area contributed by atoms with Gasteiger partial charge in [-0.25, -0.2) is 22.0 Å². The van der Waals surface area contributed by atoms with E-state index in [1.54, 1.807) is 12.1 Å². The molecule has 0 bridgehead atoms. The second-order valence-corrected chi connectivity index (χ2v) is 9.02. The third-order valence-electron chi connectivity index (χ3n) is 3.01. The molecule has 0 aliphatic carbocycles. The van der Waals surface area contributed by atoms with E-state index < -0.39 is 25.3 Å². The van der Waals surface area contributed by atoms with Crippen LogP contribution in [0.25, 0.3) is 0 Å². The first-order chi connectivity index (χ1) is 8.71. The topological polar surface area (TPSA) is 97.5 Å². The van der Waals surface area contributed by atoms with Crippen LogP contribution in [-0.2, 0) is 20.0 Å². The standard InChI is InChI=1S/C10H13BrN2O4S2/c11-8-2-1-3-9(6-8)19(16,17)13-5-4-10(7-13)18(12,14)15/h1-3,6,10H,4-5,7H2,(H2,12,14,15)/t10-/m0/s1. The minimum atomic E-state index is -3.70. The fraction of sp³-hybridized carbons (Fsp3) is 0.400. The third kappa shape index (κ3) is 3.16. The number of benzene rings is 1. The van der Waals surface area contributed by atoms with Gasteiger partial charge in [-0.1, -0.05) is 22.0 Å². The van der Waals surface area contributed by atoms with Gasteiger partial charge in [0.1, 0.15) is 0 Å². The van der Waals surface area contributed by atoms with Gasteiger partial charge >= 0.3 is 0 Å². The summed E-state index contributed by atoms with van der Waals surface area (Å²) in [6.07, 6.45) is 0.228. The number of halogens is 1. The number of rotatable bonds is 3. The maximum atomic E-state index is 12.3. The largest absolute Gasteiger partial charge is 0.243 e. The lowest BCUT2D eigenvalue weighted by Crippen LogP contribution is -2.34. The van der Waals surface area contributed by atoms with Crippen LogP contribution in [0.3, 0.4) is 0 Å². The molecule has 1 aromatic rings. The first-order valence-corrected chi connectivity index (χ1v) is 9.33. The van der Waals surface area contributed by atoms with Crippen LogP contribution in [0, 0.1) is 0 Å². The summed E-state index contributed by atoms with van der Waals surface area (Å²) in [5.74, 6) is 0. The molecule has 6 nitrogen and oxygen atoms in total. The van der Waals surface area contributed by atoms with Crippen molar-refractivity contribution in [2.24, 2.45) is 5.14 Å². The molecule has 0 aromatic heterocycles. The summed E-state index contributed by atoms with van der Waals surface area (Å²) in [5, 5.41) is 4.23. The second-order valence-electron chi connectivity index (χ2n) is 4.32. The van der Waals surface area contributed by atoms with Gasteiger partial charge < -0.3 is 0 Å². The van der Waals surface area contributed by atoms with Gasteiger partial charge in [0.2, 0.25) is 20.0 Å². The molecule has 1 fully saturated rings. The summed E-state index contributed by atoms with van der Waals surface area (Å²) < 4.78 is 49.0. The fourth-order valence-corrected chi connectivity index (χ4v) is 4.97. The Morgan fingerprint density at radius 2 is 1.95 bits per heavy atom. The quantitative estimate of drug-likeness (QED) is 0.839. The van der Waals surface area contributed by atoms with E-state index in [0.717, 1.165) is 4.31 Å². The zero-order valence-corrected chi connectivity index (χ0v) is 13.1. The molecule has 0 spiro atoms. The van der Waals surface area contributed by atoms with Crippen molar-refractivity contribution in [1.29, 1.82) is 0 Å². The Hall–Kier alpha value is -0.480. The Kier molecular flexibility index (Phi) is 4.03. The molecule has 1 atom stereocenters. The van der Waals surface area contributed by atoms with Crippen molar-refractivity contribution >= 4 is 36.0 Å². The zero-order valence-electron chi connectivity index (χ0n) is 9.86. The molecule has 0 unspecified atom stereocenters. The van der Waals surface area contributed by atoms with Crippen molar-refractivity contribution in [2.75, 3.05) is 13.1 Å². The predicted molar refractivity (Wildman–Crippen MR) is 74.4 cm³/mol. The first-order valence-electron chi connectivity index (χ1n) is 5.48. The van der Waals surface area contributed by atoms with Crippen LogP contribution in [0.15, 0.2) is 33.6 Å². The maximum Gasteiger partial charge on any atom is 0.243 e. The average molecular weight is 369 g/mol. The highest BCUT2D eigenvalue weighted by atomic mass is 79.9. The van der Waals surface area contributed by atoms with Gasteiger partial charge in [0.15, 0.2) is 0 Å². The van der Waals surface area contributed by atoms with E-state index >= 15 is 0 Å². The van der Waals surface area contributed by atoms with Crippen LogP contribution in [0.2, 0.25) is 0 Å². The van der Waals surface area contributed by atoms with E-state index in [1.165, 1.54) is 12.1 Å². The fourth-order valence-electron chi connectivity index (χ4n) is 1.96. The van der Waals surface area contributed by atoms with Crippen molar-refractivity contribution in [1.82, 2.24) is 4.31 Å². The summed E-state index contributed by atoms with van der Waals surface area (Å²) in [4.78, 5) is 0.136. The van der Waals surface area contributed by atoms with Gasteiger partial charge in [-0.3, -0.25) is 0 Å². The molecule has 0 amide bonds. The molecule has 2 rings (SSSR count). The van der Waals surface area contributed by atoms with Crippen LogP contribution in [0.4, 0.5) is 0 Å². The maximum absolute atomic E-state index is 12.3. The average Bonchev–Trinajstić information content (AvgIpc) is 2.78. The zero-order chi connectivity index (χ0) is 14.3. The normalized spacial score (nSPS) is 21.7. The highest BCUT2D eigenvalue weighted by Gasteiger charge is 2.37. The van der Waals surface area contributed by atoms with Gasteiger partial charge in [0.25, 0.3) is 0 Å². The number of sulfonamides is 2. The molecular weight excluding hydrogens is 356 g/mol. The molecule has 1 aromatic carbocycles. The number of hydrogen-bond acceptors (Lipinski definition) is 4. The molecule has 0 radical (unpaired) electrons. The van der Waals surface area contributed by atoms with E-state index in [4.69, 9.17) is 5.14 Å². The van der Waals surface area contributed by atoms with Crippen LogP contribution in [0.5, 0.6) is 0 Å². The van der Waals surface area contributed by atoms with Crippen molar-refractivity contribution in [2.45, 2.75) is 16.6 Å². The smallest absolute Gasteiger partial charge is 0.228 e. The highest BCUT2D eigenvalue weighted by molar-refractivity contribution is 9.10. The van der Waals surface area contributed by atoms with Crippen LogP contribution in [0.1, 0.15) is 6.42 Å². The predicted octanol–water partition coefficient (Wildman–Crippen LogP) is 0.501. The van der Waals surface area contributed by atoms with Gasteiger partial charge in [-0.05, 0) is 24.6 Å². The Morgan fingerprint density at radius 1 is 1.26 bits per heavy atom. The lowest BCUT2D eigenvalue weighted by atomic mass is 10.4. The third-order valence-corrected chi connectivity index (χ3v) is 6.67. The molecule has 1 saturated heterocycles. The molecule has 9 heteroatoms. The van der Waals surface area contributed by atoms with Crippen LogP contribution >= 0.6 is 15.9 Å². The van der Waals surface area contributed by atoms with Crippen molar-refractivity contribution in [3.8, 4) is 0 Å². The summed E-state index contributed by atoms with van der Waals surface area (Å²) in [7, 11) is -7.37. The van der Waals surface area contributed by atoms with Gasteiger partial charge in [-0.15, -0.1) is 0 Å². The van der Waals surface area contributed by atoms with E-state index in [2.05, 4.69) is 15.9 Å². The summed E-state index contributed by atoms with van der Waals surface area (Å²) in [6, 6.07) is 6.30. The minimum absolute atomic E-state index is 0.0896. The number of nitrogens with two attached hydrogens (primary N) is 1. The molecule has 19 heavy (non-hydrogen) atoms. The van der Waals surface area contributed by atoms with Crippen molar-refractivity contribution < 1.29 is 16.8 Å². The molecule has 1 aliphatic heterocycles. The first kappa shape index (κ1) is 14.9. The van der Waals surface area contributed by atoms with Gasteiger partial charge in [0, 0.05) is 17.6 Å². The molecular formula is C10H13BrN2O4S2. The summed E-state index contributed by atoms with van der Waals surface area (Å²) in [6.45, 7) is 0.0730. The van der Waals surface area contributed by atoms with Gasteiger partial charge in [-0.2, -0.15) is 4.31 Å². The minimum Gasteiger partial charge on any atom is -0.228 e. The Bertz CT molecular complexity index is 687. The molecule has 0 saturated carbocycles. The number of hydrogen-bond donors (Lipinski definition) is 1. The van der Waals surface area contributed by atoms with E-state index in [0.29, 0.717) is 4.47 Å². The summed E-state index contributed by atoms with van der Waals surface area (Å²) >= 11 is 3.21. The van der Waals surface area contributed by atoms with Crippen LogP contribution < -0.4 is 5.14 Å². The Balaban J connectivity index is 2.28. The summed E-state index contributed by atoms with van der Waals surface area (Å²) in [5.41, 5.74) is 0. The van der Waals surface area contributed by atoms with Crippen molar-refractivity contribution in [3.63, 3.8) is 0 Å². The molecule has 2 N–H and O–H groups in total. The van der Waals surface area contributed by atoms with Crippen molar-refractivity contribution in [3.05, 3.63) is 28.7 Å². The molecule has 1 aliphatic rings. The lowest BCUT2D eigenvalue weighted by molar-refractivity contribution is 0.476. The molecule has 1 heterocycles. The monoisotopic (exact) mass is 368 g/mol. The van der Waals surface area contributed by atoms with E-state index in [-0.39, 0.29) is 24.4 Å². The second kappa shape index (κ2) is 5.13. The van der Waals surface area contributed by atoms with Crippen LogP contribution in [-0.4, -0.2) is 39.5 Å². The lowest BCUT2D eigenvalue weighted by Gasteiger charge is -2.16. The molecule has 106 valence electrons. The highest BCUT2D eigenvalue weighted by Crippen LogP contribution is 2.25. The van der Waals surface area contributed by atoms with E-state index in [9.17, 15) is 16.8 Å².